The lowest BCUT2D eigenvalue weighted by atomic mass is 9.78. The van der Waals surface area contributed by atoms with Crippen molar-refractivity contribution >= 4 is 29.4 Å². The third-order valence-corrected chi connectivity index (χ3v) is 7.52. The lowest BCUT2D eigenvalue weighted by molar-refractivity contribution is 0.00578. The molecule has 0 radical (unpaired) electrons. The van der Waals surface area contributed by atoms with Gasteiger partial charge in [-0.15, -0.1) is 0 Å². The molecule has 0 aliphatic carbocycles. The Hall–Kier alpha value is -2.58. The lowest BCUT2D eigenvalue weighted by Crippen LogP contribution is -2.52. The van der Waals surface area contributed by atoms with E-state index in [-0.39, 0.29) is 16.6 Å². The molecule has 36 heavy (non-hydrogen) atoms. The first-order chi connectivity index (χ1) is 16.6. The number of rotatable bonds is 2. The molecule has 1 fully saturated rings. The molecule has 3 aromatic rings. The quantitative estimate of drug-likeness (QED) is 0.503. The van der Waals surface area contributed by atoms with Crippen molar-refractivity contribution in [3.8, 4) is 11.3 Å². The number of anilines is 1. The Bertz CT molecular complexity index is 1330. The molecule has 1 saturated heterocycles. The van der Waals surface area contributed by atoms with E-state index in [0.717, 1.165) is 27.9 Å². The second kappa shape index (κ2) is 8.49. The lowest BCUT2D eigenvalue weighted by Gasteiger charge is -2.42. The summed E-state index contributed by atoms with van der Waals surface area (Å²) in [5.74, 6) is 0.719. The summed E-state index contributed by atoms with van der Waals surface area (Å²) in [7, 11) is -0.451. The van der Waals surface area contributed by atoms with Gasteiger partial charge in [0.05, 0.1) is 29.0 Å². The summed E-state index contributed by atoms with van der Waals surface area (Å²) in [6.45, 7) is 23.6. The Morgan fingerprint density at radius 3 is 2.19 bits per heavy atom. The minimum absolute atomic E-state index is 0.0312. The maximum atomic E-state index is 13.2. The monoisotopic (exact) mass is 492 g/mol. The summed E-state index contributed by atoms with van der Waals surface area (Å²) in [5, 5.41) is 0.989. The van der Waals surface area contributed by atoms with Gasteiger partial charge in [-0.3, -0.25) is 9.36 Å². The van der Waals surface area contributed by atoms with Crippen LogP contribution in [-0.2, 0) is 15.9 Å². The molecule has 4 heterocycles. The maximum absolute atomic E-state index is 13.2. The molecule has 7 nitrogen and oxygen atoms in total. The van der Waals surface area contributed by atoms with Gasteiger partial charge in [-0.2, -0.15) is 0 Å². The molecule has 0 unspecified atom stereocenters. The molecular formula is C28H41BN4O3. The first-order valence-electron chi connectivity index (χ1n) is 13.0. The summed E-state index contributed by atoms with van der Waals surface area (Å²) >= 11 is 0. The van der Waals surface area contributed by atoms with Crippen molar-refractivity contribution in [3.63, 3.8) is 0 Å². The van der Waals surface area contributed by atoms with Crippen LogP contribution in [0.15, 0.2) is 35.3 Å². The standard InChI is InChI=1S/C26H35BN4O3.C2H6/c1-23(2,3)31-22-29-20(13-21(32)30(22)15-24(31,4)5)18-14-28-19-11-10-16(12-17(18)19)27-33-25(6,7)26(8,9)34-27;1-2/h10-14,28H,15H2,1-9H3;1-2H3. The minimum atomic E-state index is -0.451. The van der Waals surface area contributed by atoms with Crippen LogP contribution in [-0.4, -0.2) is 43.9 Å². The summed E-state index contributed by atoms with van der Waals surface area (Å²) in [5.41, 5.74) is 2.25. The van der Waals surface area contributed by atoms with Crippen LogP contribution in [0.3, 0.4) is 0 Å². The zero-order valence-electron chi connectivity index (χ0n) is 23.7. The Kier molecular flexibility index (Phi) is 6.24. The van der Waals surface area contributed by atoms with E-state index in [2.05, 4.69) is 78.3 Å². The summed E-state index contributed by atoms with van der Waals surface area (Å²) in [6, 6.07) is 7.79. The van der Waals surface area contributed by atoms with Crippen LogP contribution in [0.2, 0.25) is 0 Å². The predicted molar refractivity (Wildman–Crippen MR) is 149 cm³/mol. The number of hydrogen-bond donors (Lipinski definition) is 1. The maximum Gasteiger partial charge on any atom is 0.494 e. The number of H-pyrrole nitrogens is 1. The van der Waals surface area contributed by atoms with Gasteiger partial charge in [-0.05, 0) is 73.8 Å². The third-order valence-electron chi connectivity index (χ3n) is 7.52. The van der Waals surface area contributed by atoms with E-state index < -0.39 is 18.3 Å². The van der Waals surface area contributed by atoms with Crippen molar-refractivity contribution in [1.82, 2.24) is 14.5 Å². The fraction of sp³-hybridized carbons (Fsp3) is 0.571. The molecule has 2 aliphatic heterocycles. The average molecular weight is 492 g/mol. The molecule has 0 bridgehead atoms. The molecule has 0 amide bonds. The minimum Gasteiger partial charge on any atom is -0.399 e. The van der Waals surface area contributed by atoms with Gasteiger partial charge in [0.25, 0.3) is 5.56 Å². The second-order valence-corrected chi connectivity index (χ2v) is 12.3. The summed E-state index contributed by atoms with van der Waals surface area (Å²) in [6.07, 6.45) is 1.93. The Morgan fingerprint density at radius 1 is 1.00 bits per heavy atom. The molecule has 1 aromatic carbocycles. The highest BCUT2D eigenvalue weighted by Gasteiger charge is 2.51. The highest BCUT2D eigenvalue weighted by Crippen LogP contribution is 2.39. The molecule has 2 aromatic heterocycles. The Morgan fingerprint density at radius 2 is 1.61 bits per heavy atom. The van der Waals surface area contributed by atoms with Crippen LogP contribution >= 0.6 is 0 Å². The van der Waals surface area contributed by atoms with Crippen LogP contribution in [0.5, 0.6) is 0 Å². The molecule has 0 spiro atoms. The number of benzene rings is 1. The number of aromatic nitrogens is 3. The van der Waals surface area contributed by atoms with Gasteiger partial charge in [0, 0.05) is 34.3 Å². The number of aromatic amines is 1. The van der Waals surface area contributed by atoms with Gasteiger partial charge in [0.15, 0.2) is 0 Å². The van der Waals surface area contributed by atoms with Gasteiger partial charge in [0.2, 0.25) is 5.95 Å². The van der Waals surface area contributed by atoms with Crippen molar-refractivity contribution in [1.29, 1.82) is 0 Å². The van der Waals surface area contributed by atoms with E-state index in [9.17, 15) is 4.79 Å². The first kappa shape index (κ1) is 26.5. The summed E-state index contributed by atoms with van der Waals surface area (Å²) < 4.78 is 14.3. The van der Waals surface area contributed by atoms with Crippen molar-refractivity contribution in [2.24, 2.45) is 0 Å². The second-order valence-electron chi connectivity index (χ2n) is 12.3. The Balaban J connectivity index is 0.00000148. The molecule has 0 saturated carbocycles. The highest BCUT2D eigenvalue weighted by atomic mass is 16.7. The topological polar surface area (TPSA) is 72.4 Å². The van der Waals surface area contributed by atoms with Gasteiger partial charge in [-0.25, -0.2) is 4.98 Å². The van der Waals surface area contributed by atoms with Crippen LogP contribution in [0.4, 0.5) is 5.95 Å². The van der Waals surface area contributed by atoms with Gasteiger partial charge < -0.3 is 19.2 Å². The molecule has 2 aliphatic rings. The molecule has 5 rings (SSSR count). The zero-order chi connectivity index (χ0) is 26.8. The fourth-order valence-electron chi connectivity index (χ4n) is 5.36. The highest BCUT2D eigenvalue weighted by molar-refractivity contribution is 6.62. The zero-order valence-corrected chi connectivity index (χ0v) is 23.7. The molecule has 194 valence electrons. The summed E-state index contributed by atoms with van der Waals surface area (Å²) in [4.78, 5) is 23.8. The van der Waals surface area contributed by atoms with Crippen LogP contribution < -0.4 is 15.9 Å². The smallest absolute Gasteiger partial charge is 0.399 e. The molecular weight excluding hydrogens is 451 g/mol. The van der Waals surface area contributed by atoms with E-state index in [1.165, 1.54) is 0 Å². The van der Waals surface area contributed by atoms with E-state index in [4.69, 9.17) is 14.3 Å². The van der Waals surface area contributed by atoms with Crippen molar-refractivity contribution in [2.75, 3.05) is 4.90 Å². The normalized spacial score (nSPS) is 19.9. The number of fused-ring (bicyclic) bond motifs is 2. The van der Waals surface area contributed by atoms with Crippen molar-refractivity contribution in [2.45, 2.75) is 105 Å². The van der Waals surface area contributed by atoms with Gasteiger partial charge in [0.1, 0.15) is 0 Å². The van der Waals surface area contributed by atoms with Crippen LogP contribution in [0, 0.1) is 0 Å². The SMILES string of the molecule is CC.CC(C)(C)N1c2nc(-c3c[nH]c4ccc(B5OC(C)(C)C(C)(C)O5)cc34)cc(=O)n2CC1(C)C. The number of hydrogen-bond acceptors (Lipinski definition) is 5. The molecule has 1 N–H and O–H groups in total. The van der Waals surface area contributed by atoms with E-state index in [1.807, 2.05) is 32.2 Å². The fourth-order valence-corrected chi connectivity index (χ4v) is 5.36. The number of nitrogens with zero attached hydrogens (tertiary/aromatic N) is 3. The first-order valence-corrected chi connectivity index (χ1v) is 13.0. The van der Waals surface area contributed by atoms with Crippen LogP contribution in [0.25, 0.3) is 22.2 Å². The van der Waals surface area contributed by atoms with E-state index >= 15 is 0 Å². The molecule has 8 heteroatoms. The van der Waals surface area contributed by atoms with E-state index in [0.29, 0.717) is 12.2 Å². The molecule has 0 atom stereocenters. The van der Waals surface area contributed by atoms with Gasteiger partial charge in [-0.1, -0.05) is 26.0 Å². The predicted octanol–water partition coefficient (Wildman–Crippen LogP) is 5.11. The van der Waals surface area contributed by atoms with E-state index in [1.54, 1.807) is 10.6 Å². The van der Waals surface area contributed by atoms with Crippen molar-refractivity contribution in [3.05, 3.63) is 40.8 Å². The largest absolute Gasteiger partial charge is 0.494 e. The van der Waals surface area contributed by atoms with Crippen molar-refractivity contribution < 1.29 is 9.31 Å². The average Bonchev–Trinajstić information content (AvgIpc) is 3.37. The van der Waals surface area contributed by atoms with Gasteiger partial charge >= 0.3 is 7.12 Å². The van der Waals surface area contributed by atoms with Crippen LogP contribution in [0.1, 0.15) is 76.2 Å². The Labute approximate surface area is 215 Å². The third kappa shape index (κ3) is 4.18. The number of nitrogens with one attached hydrogen (secondary N) is 1.